The standard InChI is InChI=1S/C20H21N3O5S/c1-25-13-6-7-14(16(11-13)27-3)19-22-23-20(29-19)21-18(24)10-12-5-8-15(26-2)17(9-12)28-4/h5-9,11H,10H2,1-4H3,(H,21,23,24). The van der Waals surface area contributed by atoms with E-state index < -0.39 is 0 Å². The van der Waals surface area contributed by atoms with Gasteiger partial charge in [0.15, 0.2) is 16.5 Å². The number of carbonyl (C=O) groups excluding carboxylic acids is 1. The maximum Gasteiger partial charge on any atom is 0.230 e. The molecule has 0 saturated heterocycles. The highest BCUT2D eigenvalue weighted by molar-refractivity contribution is 7.18. The number of nitrogens with zero attached hydrogens (tertiary/aromatic N) is 2. The second kappa shape index (κ2) is 9.24. The second-order valence-electron chi connectivity index (χ2n) is 5.89. The van der Waals surface area contributed by atoms with Gasteiger partial charge in [0.1, 0.15) is 11.5 Å². The van der Waals surface area contributed by atoms with Crippen molar-refractivity contribution >= 4 is 22.4 Å². The lowest BCUT2D eigenvalue weighted by Gasteiger charge is -2.09. The van der Waals surface area contributed by atoms with E-state index in [4.69, 9.17) is 18.9 Å². The van der Waals surface area contributed by atoms with Crippen LogP contribution >= 0.6 is 11.3 Å². The van der Waals surface area contributed by atoms with Gasteiger partial charge < -0.3 is 24.3 Å². The lowest BCUT2D eigenvalue weighted by molar-refractivity contribution is -0.115. The number of aromatic nitrogens is 2. The molecule has 1 amide bonds. The van der Waals surface area contributed by atoms with Crippen molar-refractivity contribution < 1.29 is 23.7 Å². The molecule has 9 heteroatoms. The van der Waals surface area contributed by atoms with Gasteiger partial charge in [0.2, 0.25) is 11.0 Å². The van der Waals surface area contributed by atoms with Crippen molar-refractivity contribution in [2.45, 2.75) is 6.42 Å². The highest BCUT2D eigenvalue weighted by atomic mass is 32.1. The number of anilines is 1. The van der Waals surface area contributed by atoms with Crippen LogP contribution in [0.1, 0.15) is 5.56 Å². The quantitative estimate of drug-likeness (QED) is 0.603. The zero-order chi connectivity index (χ0) is 20.8. The summed E-state index contributed by atoms with van der Waals surface area (Å²) in [6, 6.07) is 10.8. The number of ether oxygens (including phenoxy) is 4. The Morgan fingerprint density at radius 2 is 1.66 bits per heavy atom. The molecule has 0 aliphatic rings. The van der Waals surface area contributed by atoms with Gasteiger partial charge in [-0.15, -0.1) is 10.2 Å². The fourth-order valence-corrected chi connectivity index (χ4v) is 3.49. The number of methoxy groups -OCH3 is 4. The van der Waals surface area contributed by atoms with Crippen LogP contribution in [0.2, 0.25) is 0 Å². The Morgan fingerprint density at radius 1 is 0.897 bits per heavy atom. The Hall–Kier alpha value is -3.33. The Bertz CT molecular complexity index is 1010. The molecule has 0 atom stereocenters. The molecule has 1 N–H and O–H groups in total. The maximum atomic E-state index is 12.4. The number of rotatable bonds is 8. The van der Waals surface area contributed by atoms with Crippen LogP contribution in [0.5, 0.6) is 23.0 Å². The Labute approximate surface area is 172 Å². The summed E-state index contributed by atoms with van der Waals surface area (Å²) >= 11 is 1.26. The van der Waals surface area contributed by atoms with Crippen LogP contribution in [0.25, 0.3) is 10.6 Å². The number of amides is 1. The molecular formula is C20H21N3O5S. The van der Waals surface area contributed by atoms with Crippen molar-refractivity contribution in [1.29, 1.82) is 0 Å². The third kappa shape index (κ3) is 4.75. The molecule has 0 spiro atoms. The van der Waals surface area contributed by atoms with E-state index in [-0.39, 0.29) is 12.3 Å². The van der Waals surface area contributed by atoms with E-state index in [1.165, 1.54) is 11.3 Å². The Morgan fingerprint density at radius 3 is 2.34 bits per heavy atom. The summed E-state index contributed by atoms with van der Waals surface area (Å²) in [4.78, 5) is 12.4. The first-order chi connectivity index (χ1) is 14.1. The third-order valence-corrected chi connectivity index (χ3v) is 5.00. The van der Waals surface area contributed by atoms with Crippen LogP contribution in [-0.2, 0) is 11.2 Å². The average molecular weight is 415 g/mol. The van der Waals surface area contributed by atoms with Crippen molar-refractivity contribution in [3.05, 3.63) is 42.0 Å². The molecule has 1 aromatic heterocycles. The van der Waals surface area contributed by atoms with Crippen molar-refractivity contribution in [2.75, 3.05) is 33.8 Å². The molecule has 0 unspecified atom stereocenters. The first-order valence-corrected chi connectivity index (χ1v) is 9.46. The summed E-state index contributed by atoms with van der Waals surface area (Å²) in [6.45, 7) is 0. The van der Waals surface area contributed by atoms with Gasteiger partial charge in [-0.25, -0.2) is 0 Å². The zero-order valence-electron chi connectivity index (χ0n) is 16.5. The zero-order valence-corrected chi connectivity index (χ0v) is 17.3. The summed E-state index contributed by atoms with van der Waals surface area (Å²) in [5, 5.41) is 12.0. The topological polar surface area (TPSA) is 91.8 Å². The van der Waals surface area contributed by atoms with E-state index in [1.807, 2.05) is 18.2 Å². The normalized spacial score (nSPS) is 10.3. The number of hydrogen-bond acceptors (Lipinski definition) is 8. The lowest BCUT2D eigenvalue weighted by atomic mass is 10.1. The van der Waals surface area contributed by atoms with E-state index >= 15 is 0 Å². The van der Waals surface area contributed by atoms with E-state index in [0.29, 0.717) is 33.1 Å². The van der Waals surface area contributed by atoms with Crippen molar-refractivity contribution in [3.8, 4) is 33.6 Å². The van der Waals surface area contributed by atoms with Crippen LogP contribution in [0.15, 0.2) is 36.4 Å². The predicted molar refractivity (Wildman–Crippen MR) is 110 cm³/mol. The fraction of sp³-hybridized carbons (Fsp3) is 0.250. The molecule has 152 valence electrons. The van der Waals surface area contributed by atoms with Crippen LogP contribution < -0.4 is 24.3 Å². The predicted octanol–water partition coefficient (Wildman–Crippen LogP) is 3.42. The lowest BCUT2D eigenvalue weighted by Crippen LogP contribution is -2.14. The van der Waals surface area contributed by atoms with Gasteiger partial charge in [0.05, 0.1) is 40.4 Å². The number of benzene rings is 2. The highest BCUT2D eigenvalue weighted by Crippen LogP contribution is 2.36. The molecule has 1 heterocycles. The van der Waals surface area contributed by atoms with E-state index in [9.17, 15) is 4.79 Å². The minimum absolute atomic E-state index is 0.168. The van der Waals surface area contributed by atoms with Gasteiger partial charge in [-0.2, -0.15) is 0 Å². The Kier molecular flexibility index (Phi) is 6.50. The van der Waals surface area contributed by atoms with E-state index in [1.54, 1.807) is 46.6 Å². The second-order valence-corrected chi connectivity index (χ2v) is 6.87. The summed E-state index contributed by atoms with van der Waals surface area (Å²) < 4.78 is 21.1. The first-order valence-electron chi connectivity index (χ1n) is 8.64. The number of carbonyl (C=O) groups is 1. The number of hydrogen-bond donors (Lipinski definition) is 1. The molecule has 0 aliphatic heterocycles. The molecule has 8 nitrogen and oxygen atoms in total. The summed E-state index contributed by atoms with van der Waals surface area (Å²) in [5.41, 5.74) is 1.56. The highest BCUT2D eigenvalue weighted by Gasteiger charge is 2.15. The van der Waals surface area contributed by atoms with Crippen LogP contribution in [0.3, 0.4) is 0 Å². The molecule has 0 aliphatic carbocycles. The monoisotopic (exact) mass is 415 g/mol. The van der Waals surface area contributed by atoms with E-state index in [0.717, 1.165) is 11.1 Å². The molecule has 0 radical (unpaired) electrons. The molecule has 0 bridgehead atoms. The van der Waals surface area contributed by atoms with Crippen molar-refractivity contribution in [3.63, 3.8) is 0 Å². The molecule has 0 fully saturated rings. The van der Waals surface area contributed by atoms with Gasteiger partial charge in [-0.1, -0.05) is 17.4 Å². The largest absolute Gasteiger partial charge is 0.497 e. The fourth-order valence-electron chi connectivity index (χ4n) is 2.70. The van der Waals surface area contributed by atoms with E-state index in [2.05, 4.69) is 15.5 Å². The molecule has 2 aromatic carbocycles. The first kappa shape index (κ1) is 20.4. The van der Waals surface area contributed by atoms with Crippen LogP contribution in [-0.4, -0.2) is 44.5 Å². The molecule has 0 saturated carbocycles. The molecule has 3 aromatic rings. The maximum absolute atomic E-state index is 12.4. The molecular weight excluding hydrogens is 394 g/mol. The molecule has 3 rings (SSSR count). The van der Waals surface area contributed by atoms with Crippen molar-refractivity contribution in [1.82, 2.24) is 10.2 Å². The SMILES string of the molecule is COc1ccc(-c2nnc(NC(=O)Cc3ccc(OC)c(OC)c3)s2)c(OC)c1. The minimum atomic E-state index is -0.207. The average Bonchev–Trinajstić information content (AvgIpc) is 3.20. The van der Waals surface area contributed by atoms with Crippen LogP contribution in [0.4, 0.5) is 5.13 Å². The summed E-state index contributed by atoms with van der Waals surface area (Å²) in [7, 11) is 6.28. The third-order valence-electron chi connectivity index (χ3n) is 4.12. The van der Waals surface area contributed by atoms with Gasteiger partial charge in [0.25, 0.3) is 0 Å². The van der Waals surface area contributed by atoms with Crippen molar-refractivity contribution in [2.24, 2.45) is 0 Å². The summed E-state index contributed by atoms with van der Waals surface area (Å²) in [5.74, 6) is 2.27. The smallest absolute Gasteiger partial charge is 0.230 e. The van der Waals surface area contributed by atoms with Gasteiger partial charge in [-0.3, -0.25) is 4.79 Å². The van der Waals surface area contributed by atoms with Gasteiger partial charge in [0, 0.05) is 6.07 Å². The summed E-state index contributed by atoms with van der Waals surface area (Å²) in [6.07, 6.45) is 0.168. The van der Waals surface area contributed by atoms with Gasteiger partial charge in [-0.05, 0) is 29.8 Å². The number of nitrogens with one attached hydrogen (secondary N) is 1. The minimum Gasteiger partial charge on any atom is -0.497 e. The van der Waals surface area contributed by atoms with Crippen LogP contribution in [0, 0.1) is 0 Å². The molecule has 29 heavy (non-hydrogen) atoms. The Balaban J connectivity index is 1.71. The van der Waals surface area contributed by atoms with Gasteiger partial charge >= 0.3 is 0 Å².